The molecule has 1 heterocycles. The largest absolute Gasteiger partial charge is 0.489 e. The number of amides is 1. The van der Waals surface area contributed by atoms with Gasteiger partial charge in [0, 0.05) is 26.2 Å². The number of rotatable bonds is 10. The first-order chi connectivity index (χ1) is 14.4. The maximum atomic E-state index is 12.4. The lowest BCUT2D eigenvalue weighted by Gasteiger charge is -2.34. The van der Waals surface area contributed by atoms with Gasteiger partial charge >= 0.3 is 0 Å². The second-order valence-corrected chi connectivity index (χ2v) is 9.32. The van der Waals surface area contributed by atoms with Gasteiger partial charge in [-0.15, -0.1) is 0 Å². The molecule has 7 nitrogen and oxygen atoms in total. The molecule has 2 aromatic rings. The summed E-state index contributed by atoms with van der Waals surface area (Å²) in [7, 11) is -3.43. The highest BCUT2D eigenvalue weighted by Gasteiger charge is 2.23. The van der Waals surface area contributed by atoms with Gasteiger partial charge in [-0.25, -0.2) is 13.6 Å². The number of unbranched alkanes of at least 4 members (excludes halogenated alkanes) is 1. The first kappa shape index (κ1) is 22.3. The first-order valence-electron chi connectivity index (χ1n) is 10.2. The second-order valence-electron chi connectivity index (χ2n) is 7.58. The molecule has 0 aromatic heterocycles. The van der Waals surface area contributed by atoms with Gasteiger partial charge in [0.2, 0.25) is 15.9 Å². The Labute approximate surface area is 178 Å². The molecule has 1 aliphatic rings. The minimum atomic E-state index is -3.43. The van der Waals surface area contributed by atoms with Crippen LogP contribution in [0, 0.1) is 0 Å². The number of ether oxygens (including phenoxy) is 1. The molecule has 3 rings (SSSR count). The third kappa shape index (κ3) is 7.44. The number of hydrogen-bond donors (Lipinski definition) is 1. The molecule has 0 atom stereocenters. The van der Waals surface area contributed by atoms with E-state index in [-0.39, 0.29) is 11.7 Å². The molecule has 8 heteroatoms. The van der Waals surface area contributed by atoms with Gasteiger partial charge in [-0.3, -0.25) is 9.69 Å². The molecule has 1 fully saturated rings. The van der Waals surface area contributed by atoms with Crippen LogP contribution in [0.25, 0.3) is 0 Å². The number of nitrogens with two attached hydrogens (primary N) is 1. The molecule has 1 aliphatic heterocycles. The number of hydrogen-bond acceptors (Lipinski definition) is 5. The molecule has 2 aromatic carbocycles. The van der Waals surface area contributed by atoms with Crippen molar-refractivity contribution in [2.75, 3.05) is 31.9 Å². The Bertz CT molecular complexity index is 917. The lowest BCUT2D eigenvalue weighted by molar-refractivity contribution is -0.136. The molecule has 2 N–H and O–H groups in total. The van der Waals surface area contributed by atoms with Crippen LogP contribution in [0.1, 0.15) is 24.0 Å². The normalized spacial score (nSPS) is 15.4. The van der Waals surface area contributed by atoms with Crippen LogP contribution in [0.3, 0.4) is 0 Å². The van der Waals surface area contributed by atoms with Crippen molar-refractivity contribution in [3.05, 3.63) is 65.7 Å². The lowest BCUT2D eigenvalue weighted by atomic mass is 10.2. The Morgan fingerprint density at radius 1 is 0.933 bits per heavy atom. The maximum absolute atomic E-state index is 12.4. The minimum Gasteiger partial charge on any atom is -0.489 e. The quantitative estimate of drug-likeness (QED) is 0.581. The molecule has 30 heavy (non-hydrogen) atoms. The Kier molecular flexibility index (Phi) is 7.84. The van der Waals surface area contributed by atoms with Crippen molar-refractivity contribution in [1.29, 1.82) is 0 Å². The number of benzene rings is 2. The summed E-state index contributed by atoms with van der Waals surface area (Å²) in [5, 5.41) is 5.00. The van der Waals surface area contributed by atoms with Crippen molar-refractivity contribution in [2.24, 2.45) is 5.14 Å². The predicted molar refractivity (Wildman–Crippen MR) is 116 cm³/mol. The fourth-order valence-electron chi connectivity index (χ4n) is 3.42. The van der Waals surface area contributed by atoms with Crippen LogP contribution in [0.5, 0.6) is 5.75 Å². The zero-order valence-corrected chi connectivity index (χ0v) is 17.9. The van der Waals surface area contributed by atoms with Gasteiger partial charge in [0.1, 0.15) is 12.4 Å². The second kappa shape index (κ2) is 10.6. The Balaban J connectivity index is 1.40. The fraction of sp³-hybridized carbons (Fsp3) is 0.409. The smallest absolute Gasteiger partial charge is 0.236 e. The first-order valence-corrected chi connectivity index (χ1v) is 11.9. The topological polar surface area (TPSA) is 92.9 Å². The molecule has 0 saturated carbocycles. The highest BCUT2D eigenvalue weighted by molar-refractivity contribution is 7.89. The van der Waals surface area contributed by atoms with E-state index >= 15 is 0 Å². The van der Waals surface area contributed by atoms with E-state index in [0.717, 1.165) is 23.4 Å². The molecule has 0 unspecified atom stereocenters. The predicted octanol–water partition coefficient (Wildman–Crippen LogP) is 1.98. The Morgan fingerprint density at radius 2 is 1.67 bits per heavy atom. The lowest BCUT2D eigenvalue weighted by Crippen LogP contribution is -2.50. The minimum absolute atomic E-state index is 0.0355. The van der Waals surface area contributed by atoms with Gasteiger partial charge in [0.25, 0.3) is 0 Å². The zero-order chi connectivity index (χ0) is 21.4. The molecule has 1 saturated heterocycles. The Morgan fingerprint density at radius 3 is 2.33 bits per heavy atom. The van der Waals surface area contributed by atoms with Crippen LogP contribution in [0.15, 0.2) is 54.6 Å². The van der Waals surface area contributed by atoms with Crippen LogP contribution in [0.4, 0.5) is 0 Å². The maximum Gasteiger partial charge on any atom is 0.236 e. The molecule has 0 aliphatic carbocycles. The van der Waals surface area contributed by atoms with Crippen molar-refractivity contribution >= 4 is 15.9 Å². The molecular formula is C22H29N3O4S. The summed E-state index contributed by atoms with van der Waals surface area (Å²) < 4.78 is 27.8. The molecular weight excluding hydrogens is 402 g/mol. The van der Waals surface area contributed by atoms with E-state index < -0.39 is 10.0 Å². The van der Waals surface area contributed by atoms with Crippen molar-refractivity contribution < 1.29 is 17.9 Å². The van der Waals surface area contributed by atoms with Crippen LogP contribution >= 0.6 is 0 Å². The van der Waals surface area contributed by atoms with Crippen LogP contribution in [-0.2, 0) is 28.0 Å². The van der Waals surface area contributed by atoms with Gasteiger partial charge in [-0.2, -0.15) is 0 Å². The monoisotopic (exact) mass is 431 g/mol. The highest BCUT2D eigenvalue weighted by Crippen LogP contribution is 2.16. The summed E-state index contributed by atoms with van der Waals surface area (Å²) >= 11 is 0. The molecule has 162 valence electrons. The number of carbonyl (C=O) groups excluding carboxylic acids is 1. The van der Waals surface area contributed by atoms with Gasteiger partial charge in [-0.1, -0.05) is 42.5 Å². The van der Waals surface area contributed by atoms with Gasteiger partial charge in [0.05, 0.1) is 12.3 Å². The SMILES string of the molecule is NS(=O)(=O)CCCCN1CCN(Cc2ccc(OCc3ccccc3)cc2)CC1=O. The zero-order valence-electron chi connectivity index (χ0n) is 17.1. The van der Waals surface area contributed by atoms with Gasteiger partial charge < -0.3 is 9.64 Å². The number of nitrogens with zero attached hydrogens (tertiary/aromatic N) is 2. The van der Waals surface area contributed by atoms with Gasteiger partial charge in [0.15, 0.2) is 0 Å². The third-order valence-electron chi connectivity index (χ3n) is 5.08. The van der Waals surface area contributed by atoms with E-state index in [4.69, 9.17) is 9.88 Å². The van der Waals surface area contributed by atoms with E-state index in [9.17, 15) is 13.2 Å². The third-order valence-corrected chi connectivity index (χ3v) is 5.94. The summed E-state index contributed by atoms with van der Waals surface area (Å²) in [4.78, 5) is 16.3. The van der Waals surface area contributed by atoms with Crippen molar-refractivity contribution in [3.63, 3.8) is 0 Å². The molecule has 1 amide bonds. The van der Waals surface area contributed by atoms with E-state index in [1.807, 2.05) is 54.6 Å². The summed E-state index contributed by atoms with van der Waals surface area (Å²) in [6.45, 7) is 3.66. The number of primary sulfonamides is 1. The number of sulfonamides is 1. The fourth-order valence-corrected chi connectivity index (χ4v) is 4.03. The average Bonchev–Trinajstić information content (AvgIpc) is 2.72. The summed E-state index contributed by atoms with van der Waals surface area (Å²) in [5.41, 5.74) is 2.26. The Hall–Kier alpha value is -2.42. The summed E-state index contributed by atoms with van der Waals surface area (Å²) in [6, 6.07) is 18.0. The number of carbonyl (C=O) groups is 1. The molecule has 0 bridgehead atoms. The van der Waals surface area contributed by atoms with Gasteiger partial charge in [-0.05, 0) is 36.1 Å². The van der Waals surface area contributed by atoms with Crippen LogP contribution in [-0.4, -0.2) is 56.1 Å². The van der Waals surface area contributed by atoms with E-state index in [1.165, 1.54) is 0 Å². The molecule has 0 radical (unpaired) electrons. The summed E-state index contributed by atoms with van der Waals surface area (Å²) in [5.74, 6) is 0.870. The highest BCUT2D eigenvalue weighted by atomic mass is 32.2. The average molecular weight is 432 g/mol. The number of piperazine rings is 1. The van der Waals surface area contributed by atoms with Crippen LogP contribution < -0.4 is 9.88 Å². The summed E-state index contributed by atoms with van der Waals surface area (Å²) in [6.07, 6.45) is 1.12. The van der Waals surface area contributed by atoms with E-state index in [2.05, 4.69) is 4.90 Å². The van der Waals surface area contributed by atoms with E-state index in [0.29, 0.717) is 45.6 Å². The van der Waals surface area contributed by atoms with Crippen molar-refractivity contribution in [1.82, 2.24) is 9.80 Å². The van der Waals surface area contributed by atoms with E-state index in [1.54, 1.807) is 4.90 Å². The van der Waals surface area contributed by atoms with Crippen molar-refractivity contribution in [2.45, 2.75) is 26.0 Å². The van der Waals surface area contributed by atoms with Crippen molar-refractivity contribution in [3.8, 4) is 5.75 Å². The standard InChI is InChI=1S/C22H29N3O4S/c23-30(27,28)15-5-4-12-25-14-13-24(17-22(25)26)16-19-8-10-21(11-9-19)29-18-20-6-2-1-3-7-20/h1-3,6-11H,4-5,12-18H2,(H2,23,27,28). The van der Waals surface area contributed by atoms with Crippen LogP contribution in [0.2, 0.25) is 0 Å². The molecule has 0 spiro atoms.